The summed E-state index contributed by atoms with van der Waals surface area (Å²) in [6, 6.07) is 1.98. The van der Waals surface area contributed by atoms with Crippen molar-refractivity contribution in [1.82, 2.24) is 5.43 Å². The van der Waals surface area contributed by atoms with Crippen LogP contribution in [0.3, 0.4) is 0 Å². The fourth-order valence-electron chi connectivity index (χ4n) is 1.51. The van der Waals surface area contributed by atoms with Crippen molar-refractivity contribution in [2.24, 2.45) is 5.84 Å². The maximum absolute atomic E-state index is 5.53. The highest BCUT2D eigenvalue weighted by atomic mass is 16.5. The summed E-state index contributed by atoms with van der Waals surface area (Å²) in [4.78, 5) is 0. The molecule has 1 aromatic heterocycles. The summed E-state index contributed by atoms with van der Waals surface area (Å²) in [6.45, 7) is 8.41. The normalized spacial score (nSPS) is 13.5. The number of nitrogens with one attached hydrogen (secondary N) is 1. The van der Waals surface area contributed by atoms with E-state index in [9.17, 15) is 0 Å². The molecule has 0 spiro atoms. The zero-order chi connectivity index (χ0) is 11.4. The number of hydrogen-bond donors (Lipinski definition) is 2. The van der Waals surface area contributed by atoms with Gasteiger partial charge in [-0.2, -0.15) is 0 Å². The third-order valence-electron chi connectivity index (χ3n) is 2.25. The molecule has 15 heavy (non-hydrogen) atoms. The minimum Gasteiger partial charge on any atom is -0.466 e. The van der Waals surface area contributed by atoms with Gasteiger partial charge in [0.25, 0.3) is 0 Å². The SMILES string of the molecule is Cc1cc(C(COC(C)C)NN)c(C)o1. The number of hydrazine groups is 1. The van der Waals surface area contributed by atoms with Crippen molar-refractivity contribution in [3.05, 3.63) is 23.2 Å². The van der Waals surface area contributed by atoms with E-state index in [0.29, 0.717) is 6.61 Å². The predicted molar refractivity (Wildman–Crippen MR) is 59.3 cm³/mol. The van der Waals surface area contributed by atoms with E-state index >= 15 is 0 Å². The predicted octanol–water partition coefficient (Wildman–Crippen LogP) is 1.83. The first-order valence-electron chi connectivity index (χ1n) is 5.19. The van der Waals surface area contributed by atoms with Gasteiger partial charge in [-0.05, 0) is 33.8 Å². The Kier molecular flexibility index (Phi) is 4.32. The molecule has 0 bridgehead atoms. The topological polar surface area (TPSA) is 60.4 Å². The number of aryl methyl sites for hydroxylation is 2. The molecule has 1 rings (SSSR count). The van der Waals surface area contributed by atoms with Gasteiger partial charge < -0.3 is 9.15 Å². The van der Waals surface area contributed by atoms with Crippen molar-refractivity contribution in [3.63, 3.8) is 0 Å². The molecule has 0 amide bonds. The van der Waals surface area contributed by atoms with E-state index in [-0.39, 0.29) is 12.1 Å². The smallest absolute Gasteiger partial charge is 0.105 e. The van der Waals surface area contributed by atoms with Crippen LogP contribution >= 0.6 is 0 Å². The lowest BCUT2D eigenvalue weighted by Crippen LogP contribution is -2.32. The molecule has 0 aliphatic carbocycles. The molecule has 0 aromatic carbocycles. The van der Waals surface area contributed by atoms with Crippen molar-refractivity contribution in [3.8, 4) is 0 Å². The number of ether oxygens (including phenoxy) is 1. The fourth-order valence-corrected chi connectivity index (χ4v) is 1.51. The van der Waals surface area contributed by atoms with E-state index in [1.165, 1.54) is 0 Å². The van der Waals surface area contributed by atoms with Gasteiger partial charge in [0.2, 0.25) is 0 Å². The molecule has 86 valence electrons. The Balaban J connectivity index is 2.69. The second-order valence-corrected chi connectivity index (χ2v) is 3.97. The molecule has 0 saturated carbocycles. The Morgan fingerprint density at radius 2 is 2.13 bits per heavy atom. The third kappa shape index (κ3) is 3.34. The number of hydrogen-bond acceptors (Lipinski definition) is 4. The summed E-state index contributed by atoms with van der Waals surface area (Å²) >= 11 is 0. The summed E-state index contributed by atoms with van der Waals surface area (Å²) in [5.41, 5.74) is 3.81. The Morgan fingerprint density at radius 3 is 2.53 bits per heavy atom. The summed E-state index contributed by atoms with van der Waals surface area (Å²) in [5.74, 6) is 7.28. The Bertz CT molecular complexity index is 308. The summed E-state index contributed by atoms with van der Waals surface area (Å²) in [5, 5.41) is 0. The molecule has 4 heteroatoms. The Morgan fingerprint density at radius 1 is 1.47 bits per heavy atom. The van der Waals surface area contributed by atoms with Gasteiger partial charge in [0.15, 0.2) is 0 Å². The van der Waals surface area contributed by atoms with Gasteiger partial charge in [0.1, 0.15) is 11.5 Å². The van der Waals surface area contributed by atoms with Crippen LogP contribution in [-0.4, -0.2) is 12.7 Å². The molecule has 1 unspecified atom stereocenters. The fraction of sp³-hybridized carbons (Fsp3) is 0.636. The van der Waals surface area contributed by atoms with E-state index in [1.807, 2.05) is 33.8 Å². The van der Waals surface area contributed by atoms with E-state index in [1.54, 1.807) is 0 Å². The van der Waals surface area contributed by atoms with Crippen LogP contribution in [0.5, 0.6) is 0 Å². The molecule has 4 nitrogen and oxygen atoms in total. The van der Waals surface area contributed by atoms with Crippen molar-refractivity contribution in [1.29, 1.82) is 0 Å². The van der Waals surface area contributed by atoms with Gasteiger partial charge >= 0.3 is 0 Å². The van der Waals surface area contributed by atoms with Crippen LogP contribution in [0.2, 0.25) is 0 Å². The van der Waals surface area contributed by atoms with Gasteiger partial charge in [0, 0.05) is 5.56 Å². The van der Waals surface area contributed by atoms with Crippen molar-refractivity contribution in [2.45, 2.75) is 39.8 Å². The first-order valence-corrected chi connectivity index (χ1v) is 5.19. The van der Waals surface area contributed by atoms with Crippen molar-refractivity contribution < 1.29 is 9.15 Å². The maximum Gasteiger partial charge on any atom is 0.105 e. The van der Waals surface area contributed by atoms with E-state index in [4.69, 9.17) is 15.0 Å². The molecular formula is C11H20N2O2. The lowest BCUT2D eigenvalue weighted by Gasteiger charge is -2.17. The first-order chi connectivity index (χ1) is 7.04. The van der Waals surface area contributed by atoms with Gasteiger partial charge in [0.05, 0.1) is 18.8 Å². The molecule has 0 saturated heterocycles. The molecule has 0 aliphatic rings. The molecule has 1 atom stereocenters. The van der Waals surface area contributed by atoms with Gasteiger partial charge in [-0.3, -0.25) is 11.3 Å². The number of rotatable bonds is 5. The summed E-state index contributed by atoms with van der Waals surface area (Å²) < 4.78 is 11.0. The van der Waals surface area contributed by atoms with Gasteiger partial charge in [-0.15, -0.1) is 0 Å². The van der Waals surface area contributed by atoms with Crippen LogP contribution in [0.1, 0.15) is 37.0 Å². The maximum atomic E-state index is 5.53. The summed E-state index contributed by atoms with van der Waals surface area (Å²) in [6.07, 6.45) is 0.203. The minimum absolute atomic E-state index is 0.00940. The first kappa shape index (κ1) is 12.2. The number of furan rings is 1. The van der Waals surface area contributed by atoms with Crippen molar-refractivity contribution in [2.75, 3.05) is 6.61 Å². The molecule has 3 N–H and O–H groups in total. The van der Waals surface area contributed by atoms with Gasteiger partial charge in [-0.1, -0.05) is 0 Å². The zero-order valence-electron chi connectivity index (χ0n) is 9.83. The lowest BCUT2D eigenvalue weighted by atomic mass is 10.1. The Hall–Kier alpha value is -0.840. The second kappa shape index (κ2) is 5.30. The Labute approximate surface area is 90.8 Å². The minimum atomic E-state index is -0.00940. The molecule has 0 aliphatic heterocycles. The molecule has 0 fully saturated rings. The van der Waals surface area contributed by atoms with Gasteiger partial charge in [-0.25, -0.2) is 0 Å². The average molecular weight is 212 g/mol. The molecule has 1 heterocycles. The van der Waals surface area contributed by atoms with Crippen LogP contribution in [0.25, 0.3) is 0 Å². The lowest BCUT2D eigenvalue weighted by molar-refractivity contribution is 0.0608. The third-order valence-corrected chi connectivity index (χ3v) is 2.25. The van der Waals surface area contributed by atoms with Crippen LogP contribution in [0.15, 0.2) is 10.5 Å². The number of nitrogens with two attached hydrogens (primary N) is 1. The highest BCUT2D eigenvalue weighted by Crippen LogP contribution is 2.21. The second-order valence-electron chi connectivity index (χ2n) is 3.97. The monoisotopic (exact) mass is 212 g/mol. The summed E-state index contributed by atoms with van der Waals surface area (Å²) in [7, 11) is 0. The average Bonchev–Trinajstić information content (AvgIpc) is 2.46. The van der Waals surface area contributed by atoms with E-state index in [0.717, 1.165) is 17.1 Å². The quantitative estimate of drug-likeness (QED) is 0.577. The molecule has 0 radical (unpaired) electrons. The molecular weight excluding hydrogens is 192 g/mol. The van der Waals surface area contributed by atoms with Crippen LogP contribution in [0.4, 0.5) is 0 Å². The highest BCUT2D eigenvalue weighted by molar-refractivity contribution is 5.23. The van der Waals surface area contributed by atoms with Crippen molar-refractivity contribution >= 4 is 0 Å². The standard InChI is InChI=1S/C11H20N2O2/c1-7(2)14-6-11(13-12)10-5-8(3)15-9(10)4/h5,7,11,13H,6,12H2,1-4H3. The van der Waals surface area contributed by atoms with E-state index in [2.05, 4.69) is 5.43 Å². The van der Waals surface area contributed by atoms with Crippen LogP contribution < -0.4 is 11.3 Å². The highest BCUT2D eigenvalue weighted by Gasteiger charge is 2.16. The van der Waals surface area contributed by atoms with E-state index < -0.39 is 0 Å². The van der Waals surface area contributed by atoms with Crippen LogP contribution in [0, 0.1) is 13.8 Å². The largest absolute Gasteiger partial charge is 0.466 e. The molecule has 1 aromatic rings. The zero-order valence-corrected chi connectivity index (χ0v) is 9.83. The van der Waals surface area contributed by atoms with Crippen LogP contribution in [-0.2, 0) is 4.74 Å².